The highest BCUT2D eigenvalue weighted by atomic mass is 32.2. The number of aliphatic carboxylic acids is 1. The number of carbonyl (C=O) groups is 1. The Bertz CT molecular complexity index is 632. The Morgan fingerprint density at radius 1 is 1.05 bits per heavy atom. The average molecular weight is 304 g/mol. The Balaban J connectivity index is 2.03. The number of carboxylic acid groups (broad SMARTS) is 1. The summed E-state index contributed by atoms with van der Waals surface area (Å²) in [7, 11) is 0.451. The minimum Gasteiger partial charge on any atom is -0.497 e. The van der Waals surface area contributed by atoms with E-state index in [9.17, 15) is 9.00 Å². The van der Waals surface area contributed by atoms with Crippen LogP contribution in [0.1, 0.15) is 11.1 Å². The molecule has 0 aliphatic carbocycles. The van der Waals surface area contributed by atoms with Gasteiger partial charge in [0.1, 0.15) is 5.75 Å². The molecule has 0 amide bonds. The fraction of sp³-hybridized carbons (Fsp3) is 0.188. The molecule has 4 nitrogen and oxygen atoms in total. The van der Waals surface area contributed by atoms with Gasteiger partial charge in [0.25, 0.3) is 0 Å². The molecule has 0 spiro atoms. The van der Waals surface area contributed by atoms with E-state index in [-0.39, 0.29) is 6.42 Å². The summed E-state index contributed by atoms with van der Waals surface area (Å²) in [4.78, 5) is 11.3. The van der Waals surface area contributed by atoms with Crippen LogP contribution in [0, 0.1) is 0 Å². The highest BCUT2D eigenvalue weighted by Gasteiger charge is 2.07. The minimum absolute atomic E-state index is 0.0224. The molecule has 0 aliphatic rings. The highest BCUT2D eigenvalue weighted by Crippen LogP contribution is 2.16. The summed E-state index contributed by atoms with van der Waals surface area (Å²) in [5.74, 6) is 0.312. The van der Waals surface area contributed by atoms with Gasteiger partial charge in [-0.05, 0) is 35.4 Å². The molecule has 1 unspecified atom stereocenters. The average Bonchev–Trinajstić information content (AvgIpc) is 2.48. The quantitative estimate of drug-likeness (QED) is 0.891. The fourth-order valence-electron chi connectivity index (χ4n) is 1.89. The number of ether oxygens (including phenoxy) is 1. The number of hydrogen-bond donors (Lipinski definition) is 1. The van der Waals surface area contributed by atoms with Gasteiger partial charge in [0, 0.05) is 4.90 Å². The lowest BCUT2D eigenvalue weighted by molar-refractivity contribution is -0.136. The molecule has 5 heteroatoms. The van der Waals surface area contributed by atoms with E-state index in [1.165, 1.54) is 0 Å². The molecule has 21 heavy (non-hydrogen) atoms. The maximum atomic E-state index is 12.3. The van der Waals surface area contributed by atoms with Crippen LogP contribution in [-0.4, -0.2) is 22.4 Å². The molecule has 0 bridgehead atoms. The zero-order valence-corrected chi connectivity index (χ0v) is 12.4. The van der Waals surface area contributed by atoms with Crippen molar-refractivity contribution in [3.05, 3.63) is 59.7 Å². The van der Waals surface area contributed by atoms with Crippen LogP contribution >= 0.6 is 0 Å². The van der Waals surface area contributed by atoms with Gasteiger partial charge in [-0.25, -0.2) is 0 Å². The number of hydrogen-bond acceptors (Lipinski definition) is 3. The smallest absolute Gasteiger partial charge is 0.307 e. The van der Waals surface area contributed by atoms with Crippen LogP contribution in [0.4, 0.5) is 0 Å². The van der Waals surface area contributed by atoms with Crippen molar-refractivity contribution < 1.29 is 18.8 Å². The van der Waals surface area contributed by atoms with Crippen LogP contribution < -0.4 is 4.74 Å². The van der Waals surface area contributed by atoms with Gasteiger partial charge in [-0.15, -0.1) is 0 Å². The second kappa shape index (κ2) is 7.04. The van der Waals surface area contributed by atoms with Gasteiger partial charge in [0.2, 0.25) is 0 Å². The SMILES string of the molecule is COc1ccc(CS(=O)c2ccc(CC(=O)O)cc2)cc1. The van der Waals surface area contributed by atoms with Crippen molar-refractivity contribution >= 4 is 16.8 Å². The Hall–Kier alpha value is -2.14. The lowest BCUT2D eigenvalue weighted by Crippen LogP contribution is -2.01. The summed E-state index contributed by atoms with van der Waals surface area (Å²) in [6.07, 6.45) is -0.0224. The maximum absolute atomic E-state index is 12.3. The van der Waals surface area contributed by atoms with Crippen LogP contribution in [0.2, 0.25) is 0 Å². The Kier molecular flexibility index (Phi) is 5.11. The summed E-state index contributed by atoms with van der Waals surface area (Å²) < 4.78 is 17.3. The second-order valence-electron chi connectivity index (χ2n) is 4.55. The summed E-state index contributed by atoms with van der Waals surface area (Å²) in [5.41, 5.74) is 1.66. The molecule has 0 aliphatic heterocycles. The van der Waals surface area contributed by atoms with E-state index in [2.05, 4.69) is 0 Å². The first-order chi connectivity index (χ1) is 10.1. The number of rotatable bonds is 6. The number of benzene rings is 2. The maximum Gasteiger partial charge on any atom is 0.307 e. The molecule has 2 aromatic rings. The summed E-state index contributed by atoms with van der Waals surface area (Å²) >= 11 is 0. The van der Waals surface area contributed by atoms with Gasteiger partial charge in [-0.1, -0.05) is 24.3 Å². The van der Waals surface area contributed by atoms with Gasteiger partial charge < -0.3 is 9.84 Å². The van der Waals surface area contributed by atoms with Gasteiger partial charge in [-0.3, -0.25) is 9.00 Å². The lowest BCUT2D eigenvalue weighted by Gasteiger charge is -2.05. The van der Waals surface area contributed by atoms with Crippen molar-refractivity contribution in [2.45, 2.75) is 17.1 Å². The van der Waals surface area contributed by atoms with Crippen molar-refractivity contribution in [2.24, 2.45) is 0 Å². The third-order valence-electron chi connectivity index (χ3n) is 3.00. The number of carboxylic acids is 1. The minimum atomic E-state index is -1.15. The molecule has 110 valence electrons. The summed E-state index contributed by atoms with van der Waals surface area (Å²) in [6, 6.07) is 14.3. The Morgan fingerprint density at radius 3 is 2.14 bits per heavy atom. The monoisotopic (exact) mass is 304 g/mol. The van der Waals surface area contributed by atoms with Crippen molar-refractivity contribution in [3.8, 4) is 5.75 Å². The van der Waals surface area contributed by atoms with E-state index in [1.54, 1.807) is 31.4 Å². The first-order valence-corrected chi connectivity index (χ1v) is 7.72. The molecule has 0 aromatic heterocycles. The van der Waals surface area contributed by atoms with Crippen LogP contribution in [0.5, 0.6) is 5.75 Å². The third-order valence-corrected chi connectivity index (χ3v) is 4.39. The van der Waals surface area contributed by atoms with E-state index < -0.39 is 16.8 Å². The zero-order chi connectivity index (χ0) is 15.2. The van der Waals surface area contributed by atoms with Crippen LogP contribution in [0.15, 0.2) is 53.4 Å². The molecule has 0 saturated heterocycles. The molecule has 2 aromatic carbocycles. The van der Waals surface area contributed by atoms with Gasteiger partial charge in [-0.2, -0.15) is 0 Å². The molecular weight excluding hydrogens is 288 g/mol. The van der Waals surface area contributed by atoms with E-state index in [0.29, 0.717) is 16.2 Å². The Morgan fingerprint density at radius 2 is 1.62 bits per heavy atom. The molecule has 2 rings (SSSR count). The van der Waals surface area contributed by atoms with Crippen molar-refractivity contribution in [2.75, 3.05) is 7.11 Å². The standard InChI is InChI=1S/C16H16O4S/c1-20-14-6-2-13(3-7-14)11-21(19)15-8-4-12(5-9-15)10-16(17)18/h2-9H,10-11H2,1H3,(H,17,18). The van der Waals surface area contributed by atoms with Gasteiger partial charge >= 0.3 is 5.97 Å². The number of methoxy groups -OCH3 is 1. The zero-order valence-electron chi connectivity index (χ0n) is 11.6. The molecule has 0 radical (unpaired) electrons. The van der Waals surface area contributed by atoms with Crippen LogP contribution in [-0.2, 0) is 27.8 Å². The van der Waals surface area contributed by atoms with E-state index >= 15 is 0 Å². The normalized spacial score (nSPS) is 11.9. The molecular formula is C16H16O4S. The highest BCUT2D eigenvalue weighted by molar-refractivity contribution is 7.84. The summed E-state index contributed by atoms with van der Waals surface area (Å²) in [5, 5.41) is 8.71. The predicted molar refractivity (Wildman–Crippen MR) is 80.9 cm³/mol. The lowest BCUT2D eigenvalue weighted by atomic mass is 10.2. The predicted octanol–water partition coefficient (Wildman–Crippen LogP) is 2.63. The molecule has 1 atom stereocenters. The topological polar surface area (TPSA) is 63.6 Å². The van der Waals surface area contributed by atoms with Crippen molar-refractivity contribution in [3.63, 3.8) is 0 Å². The molecule has 1 N–H and O–H groups in total. The van der Waals surface area contributed by atoms with E-state index in [0.717, 1.165) is 11.3 Å². The molecule has 0 heterocycles. The molecule has 0 saturated carbocycles. The van der Waals surface area contributed by atoms with Gasteiger partial charge in [0.05, 0.1) is 30.1 Å². The van der Waals surface area contributed by atoms with Crippen molar-refractivity contribution in [1.29, 1.82) is 0 Å². The second-order valence-corrected chi connectivity index (χ2v) is 6.00. The van der Waals surface area contributed by atoms with E-state index in [4.69, 9.17) is 9.84 Å². The largest absolute Gasteiger partial charge is 0.497 e. The summed E-state index contributed by atoms with van der Waals surface area (Å²) in [6.45, 7) is 0. The molecule has 0 fully saturated rings. The van der Waals surface area contributed by atoms with Crippen LogP contribution in [0.3, 0.4) is 0 Å². The Labute approximate surface area is 125 Å². The first-order valence-electron chi connectivity index (χ1n) is 6.40. The fourth-order valence-corrected chi connectivity index (χ4v) is 2.99. The van der Waals surface area contributed by atoms with Crippen LogP contribution in [0.25, 0.3) is 0 Å². The van der Waals surface area contributed by atoms with Gasteiger partial charge in [0.15, 0.2) is 0 Å². The first kappa shape index (κ1) is 15.3. The van der Waals surface area contributed by atoms with Crippen molar-refractivity contribution in [1.82, 2.24) is 0 Å². The third kappa shape index (κ3) is 4.43. The van der Waals surface area contributed by atoms with E-state index in [1.807, 2.05) is 24.3 Å².